The number of hydrogen-bond acceptors (Lipinski definition) is 6. The minimum atomic E-state index is -3.59. The molecule has 1 heterocycles. The standard InChI is InChI=1S/C14H20NO5P/c1-4-18-14(16)11(9-10(2)3)15-21(17)19-12-7-5-6-8-13(12)20-21/h5-8,10-11H,4,9H2,1-3H3,(H,15,17)/t11-/m0/s1. The number of rotatable bonds is 6. The molecule has 1 aliphatic heterocycles. The molecule has 0 amide bonds. The summed E-state index contributed by atoms with van der Waals surface area (Å²) in [4.78, 5) is 24.6. The highest BCUT2D eigenvalue weighted by Crippen LogP contribution is 2.58. The van der Waals surface area contributed by atoms with E-state index >= 15 is 0 Å². The van der Waals surface area contributed by atoms with Crippen molar-refractivity contribution in [2.24, 2.45) is 5.92 Å². The maximum atomic E-state index is 12.6. The van der Waals surface area contributed by atoms with Crippen LogP contribution in [0.15, 0.2) is 24.3 Å². The first-order valence-corrected chi connectivity index (χ1v) is 8.50. The van der Waals surface area contributed by atoms with Crippen molar-refractivity contribution in [1.82, 2.24) is 5.09 Å². The summed E-state index contributed by atoms with van der Waals surface area (Å²) in [5, 5.41) is 2.69. The lowest BCUT2D eigenvalue weighted by Gasteiger charge is -2.25. The quantitative estimate of drug-likeness (QED) is 0.639. The normalized spacial score (nSPS) is 16.8. The second-order valence-corrected chi connectivity index (χ2v) is 6.81. The number of fused-ring (bicyclic) bond motifs is 1. The summed E-state index contributed by atoms with van der Waals surface area (Å²) >= 11 is 0. The van der Waals surface area contributed by atoms with Crippen molar-refractivity contribution in [3.8, 4) is 11.5 Å². The van der Waals surface area contributed by atoms with Crippen LogP contribution in [0.25, 0.3) is 0 Å². The van der Waals surface area contributed by atoms with E-state index in [0.29, 0.717) is 17.9 Å². The second kappa shape index (κ2) is 6.60. The minimum Gasteiger partial charge on any atom is -0.601 e. The van der Waals surface area contributed by atoms with Gasteiger partial charge in [-0.1, -0.05) is 26.0 Å². The van der Waals surface area contributed by atoms with Gasteiger partial charge < -0.3 is 9.63 Å². The molecule has 1 atom stereocenters. The summed E-state index contributed by atoms with van der Waals surface area (Å²) in [6.07, 6.45) is 0.478. The Hall–Kier alpha value is -1.36. The predicted molar refractivity (Wildman–Crippen MR) is 77.6 cm³/mol. The van der Waals surface area contributed by atoms with Crippen molar-refractivity contribution in [1.29, 1.82) is 0 Å². The highest BCUT2D eigenvalue weighted by molar-refractivity contribution is 7.58. The largest absolute Gasteiger partial charge is 0.601 e. The third-order valence-electron chi connectivity index (χ3n) is 2.88. The number of benzene rings is 1. The van der Waals surface area contributed by atoms with Gasteiger partial charge in [-0.25, -0.2) is 0 Å². The monoisotopic (exact) mass is 313 g/mol. The summed E-state index contributed by atoms with van der Waals surface area (Å²) in [5.74, 6) is 0.578. The lowest BCUT2D eigenvalue weighted by molar-refractivity contribution is -0.204. The van der Waals surface area contributed by atoms with E-state index in [2.05, 4.69) is 5.09 Å². The number of carbonyl (C=O) groups is 1. The number of nitrogens with one attached hydrogen (secondary N) is 1. The highest BCUT2D eigenvalue weighted by atomic mass is 31.2. The summed E-state index contributed by atoms with van der Waals surface area (Å²) in [6.45, 7) is 5.93. The fraction of sp³-hybridized carbons (Fsp3) is 0.500. The molecule has 116 valence electrons. The van der Waals surface area contributed by atoms with E-state index in [4.69, 9.17) is 13.8 Å². The zero-order valence-corrected chi connectivity index (χ0v) is 13.3. The Morgan fingerprint density at radius 1 is 1.33 bits per heavy atom. The van der Waals surface area contributed by atoms with Crippen LogP contribution in [-0.2, 0) is 9.53 Å². The smallest absolute Gasteiger partial charge is 0.410 e. The van der Waals surface area contributed by atoms with E-state index < -0.39 is 20.1 Å². The number of para-hydroxylation sites is 2. The van der Waals surface area contributed by atoms with Gasteiger partial charge in [0, 0.05) is 0 Å². The zero-order chi connectivity index (χ0) is 15.5. The number of esters is 1. The molecule has 0 aliphatic carbocycles. The third-order valence-corrected chi connectivity index (χ3v) is 4.38. The van der Waals surface area contributed by atoms with Crippen LogP contribution in [0.2, 0.25) is 0 Å². The molecule has 6 nitrogen and oxygen atoms in total. The van der Waals surface area contributed by atoms with Crippen LogP contribution in [0, 0.1) is 5.92 Å². The Morgan fingerprint density at radius 2 is 1.90 bits per heavy atom. The SMILES string of the molecule is CCOC(=O)[C@H](CC(C)C)N[P+]1([O-])Oc2ccccc2O1. The van der Waals surface area contributed by atoms with Crippen LogP contribution in [0.1, 0.15) is 27.2 Å². The van der Waals surface area contributed by atoms with Crippen LogP contribution in [0.4, 0.5) is 0 Å². The van der Waals surface area contributed by atoms with E-state index in [9.17, 15) is 9.69 Å². The summed E-state index contributed by atoms with van der Waals surface area (Å²) in [6, 6.07) is 6.12. The van der Waals surface area contributed by atoms with E-state index in [1.807, 2.05) is 13.8 Å². The molecule has 2 rings (SSSR count). The van der Waals surface area contributed by atoms with Gasteiger partial charge in [0.05, 0.1) is 6.61 Å². The Morgan fingerprint density at radius 3 is 2.38 bits per heavy atom. The van der Waals surface area contributed by atoms with Crippen LogP contribution in [0.5, 0.6) is 11.5 Å². The Kier molecular flexibility index (Phi) is 5.04. The van der Waals surface area contributed by atoms with Crippen LogP contribution in [-0.4, -0.2) is 18.6 Å². The van der Waals surface area contributed by atoms with Crippen molar-refractivity contribution in [3.63, 3.8) is 0 Å². The van der Waals surface area contributed by atoms with Crippen LogP contribution in [0.3, 0.4) is 0 Å². The molecular formula is C14H20NO5P. The maximum Gasteiger partial charge on any atom is 0.410 e. The maximum absolute atomic E-state index is 12.6. The molecule has 0 unspecified atom stereocenters. The predicted octanol–water partition coefficient (Wildman–Crippen LogP) is 2.06. The molecule has 0 radical (unpaired) electrons. The number of ether oxygens (including phenoxy) is 1. The average Bonchev–Trinajstić information content (AvgIpc) is 2.73. The van der Waals surface area contributed by atoms with Crippen molar-refractivity contribution < 1.29 is 23.5 Å². The molecule has 0 bridgehead atoms. The topological polar surface area (TPSA) is 79.9 Å². The van der Waals surface area contributed by atoms with Gasteiger partial charge in [0.2, 0.25) is 11.5 Å². The molecule has 1 aliphatic rings. The Bertz CT molecular complexity index is 483. The lowest BCUT2D eigenvalue weighted by atomic mass is 10.1. The Balaban J connectivity index is 2.08. The molecule has 1 aromatic rings. The van der Waals surface area contributed by atoms with E-state index in [-0.39, 0.29) is 12.5 Å². The summed E-state index contributed by atoms with van der Waals surface area (Å²) < 4.78 is 15.7. The van der Waals surface area contributed by atoms with Gasteiger partial charge in [-0.2, -0.15) is 0 Å². The van der Waals surface area contributed by atoms with E-state index in [1.54, 1.807) is 31.2 Å². The molecule has 0 fully saturated rings. The van der Waals surface area contributed by atoms with Crippen molar-refractivity contribution in [2.45, 2.75) is 33.2 Å². The molecule has 1 aromatic carbocycles. The first-order valence-electron chi connectivity index (χ1n) is 6.96. The highest BCUT2D eigenvalue weighted by Gasteiger charge is 2.46. The molecule has 0 aromatic heterocycles. The lowest BCUT2D eigenvalue weighted by Crippen LogP contribution is -2.44. The molecule has 7 heteroatoms. The molecule has 0 saturated carbocycles. The zero-order valence-electron chi connectivity index (χ0n) is 12.4. The first kappa shape index (κ1) is 16.0. The van der Waals surface area contributed by atoms with Gasteiger partial charge >= 0.3 is 14.1 Å². The summed E-state index contributed by atoms with van der Waals surface area (Å²) in [5.41, 5.74) is 0. The van der Waals surface area contributed by atoms with E-state index in [0.717, 1.165) is 0 Å². The van der Waals surface area contributed by atoms with Gasteiger partial charge in [0.1, 0.15) is 6.04 Å². The fourth-order valence-corrected chi connectivity index (χ4v) is 3.59. The van der Waals surface area contributed by atoms with Crippen molar-refractivity contribution in [3.05, 3.63) is 24.3 Å². The third kappa shape index (κ3) is 4.06. The number of hydrogen-bond donors (Lipinski definition) is 1. The van der Waals surface area contributed by atoms with Gasteiger partial charge in [-0.3, -0.25) is 13.8 Å². The van der Waals surface area contributed by atoms with Gasteiger partial charge in [-0.05, 0) is 31.4 Å². The first-order chi connectivity index (χ1) is 9.93. The average molecular weight is 313 g/mol. The second-order valence-electron chi connectivity index (χ2n) is 5.19. The molecular weight excluding hydrogens is 293 g/mol. The van der Waals surface area contributed by atoms with Crippen molar-refractivity contribution in [2.75, 3.05) is 6.61 Å². The van der Waals surface area contributed by atoms with Crippen molar-refractivity contribution >= 4 is 14.1 Å². The van der Waals surface area contributed by atoms with Gasteiger partial charge in [-0.15, -0.1) is 5.09 Å². The molecule has 1 N–H and O–H groups in total. The van der Waals surface area contributed by atoms with Gasteiger partial charge in [0.25, 0.3) is 0 Å². The molecule has 0 spiro atoms. The Labute approximate surface area is 125 Å². The molecule has 21 heavy (non-hydrogen) atoms. The van der Waals surface area contributed by atoms with Gasteiger partial charge in [0.15, 0.2) is 0 Å². The van der Waals surface area contributed by atoms with Crippen LogP contribution < -0.4 is 19.0 Å². The summed E-state index contributed by atoms with van der Waals surface area (Å²) in [7, 11) is -3.59. The van der Waals surface area contributed by atoms with E-state index in [1.165, 1.54) is 0 Å². The molecule has 0 saturated heterocycles. The number of carbonyl (C=O) groups excluding carboxylic acids is 1. The fourth-order valence-electron chi connectivity index (χ4n) is 2.04. The van der Waals surface area contributed by atoms with Crippen LogP contribution >= 0.6 is 8.09 Å². The minimum absolute atomic E-state index is 0.225.